The Morgan fingerprint density at radius 2 is 1.86 bits per heavy atom. The molecular formula is C27H27ClN5O2S2+. The summed E-state index contributed by atoms with van der Waals surface area (Å²) in [5, 5.41) is 10.7. The molecule has 1 aliphatic carbocycles. The minimum absolute atomic E-state index is 0.00684. The molecule has 10 heteroatoms. The zero-order chi connectivity index (χ0) is 25.2. The molecule has 7 nitrogen and oxygen atoms in total. The summed E-state index contributed by atoms with van der Waals surface area (Å²) in [4.78, 5) is 18.2. The van der Waals surface area contributed by atoms with Crippen molar-refractivity contribution in [2.45, 2.75) is 27.9 Å². The lowest BCUT2D eigenvalue weighted by Crippen LogP contribution is -3.12. The van der Waals surface area contributed by atoms with Crippen LogP contribution < -0.4 is 9.80 Å². The van der Waals surface area contributed by atoms with Crippen molar-refractivity contribution >= 4 is 46.7 Å². The van der Waals surface area contributed by atoms with Gasteiger partial charge in [0.1, 0.15) is 19.6 Å². The van der Waals surface area contributed by atoms with E-state index < -0.39 is 0 Å². The molecule has 1 saturated heterocycles. The predicted octanol–water partition coefficient (Wildman–Crippen LogP) is 3.43. The number of hydrogen-bond donors (Lipinski definition) is 1. The number of rotatable bonds is 6. The van der Waals surface area contributed by atoms with Crippen LogP contribution in [0, 0.1) is 0 Å². The van der Waals surface area contributed by atoms with Crippen LogP contribution in [0.15, 0.2) is 82.9 Å². The van der Waals surface area contributed by atoms with E-state index in [-0.39, 0.29) is 23.0 Å². The maximum Gasteiger partial charge on any atom is 0.238 e. The summed E-state index contributed by atoms with van der Waals surface area (Å²) in [7, 11) is 0. The second kappa shape index (κ2) is 11.0. The zero-order valence-corrected chi connectivity index (χ0v) is 22.5. The first-order chi connectivity index (χ1) is 18.2. The molecule has 2 aliphatic heterocycles. The number of nitrogens with zero attached hydrogens (tertiary/aromatic N) is 4. The molecular weight excluding hydrogens is 526 g/mol. The van der Waals surface area contributed by atoms with Crippen molar-refractivity contribution in [2.24, 2.45) is 0 Å². The Bertz CT molecular complexity index is 1340. The van der Waals surface area contributed by atoms with Gasteiger partial charge in [-0.1, -0.05) is 59.8 Å². The van der Waals surface area contributed by atoms with E-state index in [2.05, 4.69) is 39.1 Å². The smallest absolute Gasteiger partial charge is 0.238 e. The minimum Gasteiger partial charge on any atom is -0.370 e. The van der Waals surface area contributed by atoms with Gasteiger partial charge in [-0.25, -0.2) is 0 Å². The van der Waals surface area contributed by atoms with Crippen molar-refractivity contribution in [3.8, 4) is 5.69 Å². The van der Waals surface area contributed by atoms with Crippen molar-refractivity contribution in [1.29, 1.82) is 0 Å². The molecule has 2 atom stereocenters. The maximum absolute atomic E-state index is 13.8. The normalized spacial score (nSPS) is 21.1. The Morgan fingerprint density at radius 3 is 2.70 bits per heavy atom. The molecule has 1 aromatic heterocycles. The second-order valence-corrected chi connectivity index (χ2v) is 11.7. The molecule has 1 N–H and O–H groups in total. The number of carbonyl (C=O) groups is 1. The van der Waals surface area contributed by atoms with Crippen LogP contribution in [-0.2, 0) is 16.1 Å². The number of fused-ring (bicyclic) bond motifs is 2. The molecule has 1 fully saturated rings. The number of morpholine rings is 1. The fraction of sp³-hybridized carbons (Fsp3) is 0.296. The van der Waals surface area contributed by atoms with Gasteiger partial charge in [0.25, 0.3) is 0 Å². The van der Waals surface area contributed by atoms with Crippen LogP contribution in [0.5, 0.6) is 0 Å². The van der Waals surface area contributed by atoms with Gasteiger partial charge in [0.15, 0.2) is 11.0 Å². The molecule has 0 radical (unpaired) electrons. The summed E-state index contributed by atoms with van der Waals surface area (Å²) in [6.07, 6.45) is 8.39. The monoisotopic (exact) mass is 552 g/mol. The number of halogens is 1. The van der Waals surface area contributed by atoms with Crippen LogP contribution in [0.25, 0.3) is 5.69 Å². The first-order valence-electron chi connectivity index (χ1n) is 12.3. The van der Waals surface area contributed by atoms with E-state index in [1.165, 1.54) is 16.7 Å². The Balaban J connectivity index is 1.26. The van der Waals surface area contributed by atoms with Crippen LogP contribution in [0.4, 0.5) is 5.69 Å². The number of para-hydroxylation sites is 1. The molecule has 2 aromatic carbocycles. The number of anilines is 1. The number of allylic oxidation sites excluding steroid dienone is 2. The van der Waals surface area contributed by atoms with Gasteiger partial charge in [0.05, 0.1) is 35.9 Å². The number of carbonyl (C=O) groups excluding carboxylic acids is 1. The molecule has 3 aliphatic rings. The molecule has 37 heavy (non-hydrogen) atoms. The number of benzene rings is 2. The maximum atomic E-state index is 13.8. The zero-order valence-electron chi connectivity index (χ0n) is 20.1. The van der Waals surface area contributed by atoms with Crippen molar-refractivity contribution in [2.75, 3.05) is 37.0 Å². The molecule has 0 unspecified atom stereocenters. The Hall–Kier alpha value is -2.56. The van der Waals surface area contributed by atoms with Gasteiger partial charge >= 0.3 is 0 Å². The quantitative estimate of drug-likeness (QED) is 0.473. The number of nitrogens with one attached hydrogen (secondary N) is 1. The van der Waals surface area contributed by atoms with Crippen molar-refractivity contribution in [3.05, 3.63) is 83.7 Å². The molecule has 0 bridgehead atoms. The van der Waals surface area contributed by atoms with Crippen LogP contribution in [-0.4, -0.2) is 64.0 Å². The summed E-state index contributed by atoms with van der Waals surface area (Å²) >= 11 is 9.41. The highest BCUT2D eigenvalue weighted by Crippen LogP contribution is 2.43. The number of hydrogen-bond acceptors (Lipinski definition) is 6. The van der Waals surface area contributed by atoms with Gasteiger partial charge in [-0.3, -0.25) is 9.36 Å². The fourth-order valence-corrected chi connectivity index (χ4v) is 7.11. The van der Waals surface area contributed by atoms with Crippen LogP contribution >= 0.6 is 35.1 Å². The van der Waals surface area contributed by atoms with Crippen molar-refractivity contribution in [3.63, 3.8) is 0 Å². The lowest BCUT2D eigenvalue weighted by Gasteiger charge is -2.40. The van der Waals surface area contributed by atoms with Crippen LogP contribution in [0.2, 0.25) is 5.02 Å². The molecule has 0 saturated carbocycles. The Labute approximate surface area is 229 Å². The van der Waals surface area contributed by atoms with E-state index >= 15 is 0 Å². The van der Waals surface area contributed by atoms with Crippen LogP contribution in [0.3, 0.4) is 0 Å². The first-order valence-corrected chi connectivity index (χ1v) is 14.6. The standard InChI is InChI=1S/C27H26ClN5O2S2/c28-19-9-11-20(12-10-19)32-25(17-31-13-15-35-16-14-31)29-30-27(32)36-18-26(34)33-21-5-1-3-7-23(21)37-24-8-4-2-6-22(24)33/h1-12,21,23H,13-18H2/p+1/t21-,23+/m0/s1. The molecule has 1 amide bonds. The average molecular weight is 553 g/mol. The summed E-state index contributed by atoms with van der Waals surface area (Å²) < 4.78 is 7.58. The van der Waals surface area contributed by atoms with E-state index in [1.54, 1.807) is 0 Å². The lowest BCUT2D eigenvalue weighted by atomic mass is 10.0. The van der Waals surface area contributed by atoms with E-state index in [9.17, 15) is 4.79 Å². The van der Waals surface area contributed by atoms with E-state index in [1.807, 2.05) is 65.2 Å². The van der Waals surface area contributed by atoms with Gasteiger partial charge < -0.3 is 14.5 Å². The number of aromatic nitrogens is 3. The topological polar surface area (TPSA) is 64.7 Å². The number of thioether (sulfide) groups is 2. The highest BCUT2D eigenvalue weighted by Gasteiger charge is 2.36. The molecule has 0 spiro atoms. The largest absolute Gasteiger partial charge is 0.370 e. The summed E-state index contributed by atoms with van der Waals surface area (Å²) in [6, 6.07) is 15.8. The van der Waals surface area contributed by atoms with E-state index in [0.717, 1.165) is 54.9 Å². The van der Waals surface area contributed by atoms with Gasteiger partial charge in [0.2, 0.25) is 5.91 Å². The van der Waals surface area contributed by atoms with Gasteiger partial charge in [0, 0.05) is 15.6 Å². The highest BCUT2D eigenvalue weighted by molar-refractivity contribution is 8.00. The average Bonchev–Trinajstić information content (AvgIpc) is 3.33. The Morgan fingerprint density at radius 1 is 1.08 bits per heavy atom. The highest BCUT2D eigenvalue weighted by atomic mass is 35.5. The second-order valence-electron chi connectivity index (χ2n) is 9.11. The third kappa shape index (κ3) is 5.24. The van der Waals surface area contributed by atoms with Gasteiger partial charge in [-0.2, -0.15) is 0 Å². The molecule has 6 rings (SSSR count). The SMILES string of the molecule is O=C(CSc1nnc(C[NH+]2CCOCC2)n1-c1ccc(Cl)cc1)N1c2ccccc2S[C@@H]2C=CC=C[C@@H]21. The van der Waals surface area contributed by atoms with Crippen molar-refractivity contribution < 1.29 is 14.4 Å². The minimum atomic E-state index is -0.00684. The van der Waals surface area contributed by atoms with Crippen molar-refractivity contribution in [1.82, 2.24) is 14.8 Å². The first kappa shape index (κ1) is 24.8. The summed E-state index contributed by atoms with van der Waals surface area (Å²) in [6.45, 7) is 4.12. The lowest BCUT2D eigenvalue weighted by molar-refractivity contribution is -0.922. The summed E-state index contributed by atoms with van der Waals surface area (Å²) in [5.74, 6) is 1.18. The Kier molecular flexibility index (Phi) is 7.39. The number of ether oxygens (including phenoxy) is 1. The van der Waals surface area contributed by atoms with Gasteiger partial charge in [-0.15, -0.1) is 22.0 Å². The summed E-state index contributed by atoms with van der Waals surface area (Å²) in [5.41, 5.74) is 1.90. The molecule has 3 aromatic rings. The van der Waals surface area contributed by atoms with E-state index in [0.29, 0.717) is 10.2 Å². The third-order valence-corrected chi connectivity index (χ3v) is 9.20. The van der Waals surface area contributed by atoms with Gasteiger partial charge in [-0.05, 0) is 36.4 Å². The molecule has 190 valence electrons. The van der Waals surface area contributed by atoms with Crippen LogP contribution in [0.1, 0.15) is 5.82 Å². The number of amides is 1. The molecule has 3 heterocycles. The predicted molar refractivity (Wildman–Crippen MR) is 148 cm³/mol. The fourth-order valence-electron chi connectivity index (χ4n) is 4.89. The van der Waals surface area contributed by atoms with E-state index in [4.69, 9.17) is 16.3 Å². The third-order valence-electron chi connectivity index (χ3n) is 6.73. The number of quaternary nitrogens is 1.